The molecule has 0 spiro atoms. The first-order valence-electron chi connectivity index (χ1n) is 7.09. The Hall–Kier alpha value is -2.33. The second-order valence-electron chi connectivity index (χ2n) is 5.03. The van der Waals surface area contributed by atoms with Crippen molar-refractivity contribution in [2.45, 2.75) is 0 Å². The lowest BCUT2D eigenvalue weighted by atomic mass is 9.96. The smallest absolute Gasteiger partial charge is 0.193 e. The Kier molecular flexibility index (Phi) is 4.35. The first-order valence-corrected chi connectivity index (χ1v) is 7.89. The van der Waals surface area contributed by atoms with Gasteiger partial charge in [0.1, 0.15) is 11.5 Å². The Labute approximate surface area is 143 Å². The highest BCUT2D eigenvalue weighted by Gasteiger charge is 2.17. The lowest BCUT2D eigenvalue weighted by Gasteiger charge is -2.13. The summed E-state index contributed by atoms with van der Waals surface area (Å²) in [7, 11) is 3.21. The quantitative estimate of drug-likeness (QED) is 0.615. The molecule has 0 aromatic heterocycles. The third-order valence-corrected chi connectivity index (χ3v) is 4.28. The minimum absolute atomic E-state index is 0.0466. The van der Waals surface area contributed by atoms with Crippen LogP contribution >= 0.6 is 15.9 Å². The van der Waals surface area contributed by atoms with Crippen molar-refractivity contribution >= 4 is 32.5 Å². The minimum Gasteiger partial charge on any atom is -0.496 e. The molecule has 0 N–H and O–H groups in total. The summed E-state index contributed by atoms with van der Waals surface area (Å²) < 4.78 is 11.8. The number of carbonyl (C=O) groups excluding carboxylic acids is 1. The van der Waals surface area contributed by atoms with Crippen LogP contribution in [0.4, 0.5) is 0 Å². The highest BCUT2D eigenvalue weighted by atomic mass is 79.9. The van der Waals surface area contributed by atoms with Gasteiger partial charge in [0.15, 0.2) is 5.78 Å². The van der Waals surface area contributed by atoms with Crippen LogP contribution in [0.5, 0.6) is 11.5 Å². The van der Waals surface area contributed by atoms with E-state index in [1.807, 2.05) is 36.4 Å². The fraction of sp³-hybridized carbons (Fsp3) is 0.105. The zero-order valence-electron chi connectivity index (χ0n) is 12.8. The van der Waals surface area contributed by atoms with Crippen LogP contribution < -0.4 is 9.47 Å². The summed E-state index contributed by atoms with van der Waals surface area (Å²) in [6, 6.07) is 16.6. The van der Waals surface area contributed by atoms with Crippen LogP contribution in [0.3, 0.4) is 0 Å². The van der Waals surface area contributed by atoms with Crippen molar-refractivity contribution in [2.75, 3.05) is 14.2 Å². The van der Waals surface area contributed by atoms with Crippen LogP contribution in [0.2, 0.25) is 0 Å². The largest absolute Gasteiger partial charge is 0.496 e. The Morgan fingerprint density at radius 2 is 1.57 bits per heavy atom. The molecule has 0 atom stereocenters. The van der Waals surface area contributed by atoms with Crippen molar-refractivity contribution in [3.05, 3.63) is 70.2 Å². The summed E-state index contributed by atoms with van der Waals surface area (Å²) in [5.41, 5.74) is 1.23. The molecule has 0 unspecified atom stereocenters. The van der Waals surface area contributed by atoms with Gasteiger partial charge in [-0.3, -0.25) is 4.79 Å². The molecule has 3 rings (SSSR count). The topological polar surface area (TPSA) is 35.5 Å². The van der Waals surface area contributed by atoms with E-state index in [1.165, 1.54) is 0 Å². The van der Waals surface area contributed by atoms with Crippen molar-refractivity contribution in [2.24, 2.45) is 0 Å². The number of methoxy groups -OCH3 is 2. The average Bonchev–Trinajstić information content (AvgIpc) is 2.60. The van der Waals surface area contributed by atoms with E-state index >= 15 is 0 Å². The van der Waals surface area contributed by atoms with Gasteiger partial charge in [0.05, 0.1) is 14.2 Å². The molecule has 3 aromatic carbocycles. The maximum absolute atomic E-state index is 12.9. The highest BCUT2D eigenvalue weighted by molar-refractivity contribution is 9.10. The predicted molar refractivity (Wildman–Crippen MR) is 94.6 cm³/mol. The van der Waals surface area contributed by atoms with Crippen LogP contribution in [0, 0.1) is 0 Å². The minimum atomic E-state index is -0.0466. The second-order valence-corrected chi connectivity index (χ2v) is 5.95. The molecule has 0 saturated carbocycles. The number of benzene rings is 3. The third-order valence-electron chi connectivity index (χ3n) is 3.75. The molecule has 23 heavy (non-hydrogen) atoms. The SMILES string of the molecule is COc1ccc(C(=O)c2ccc(Br)cc2)c2c(OC)cccc12. The molecule has 116 valence electrons. The molecule has 0 aliphatic carbocycles. The number of carbonyl (C=O) groups is 1. The van der Waals surface area contributed by atoms with Crippen LogP contribution in [0.15, 0.2) is 59.1 Å². The summed E-state index contributed by atoms with van der Waals surface area (Å²) in [5, 5.41) is 1.62. The van der Waals surface area contributed by atoms with Crippen molar-refractivity contribution in [3.63, 3.8) is 0 Å². The van der Waals surface area contributed by atoms with Crippen LogP contribution in [-0.2, 0) is 0 Å². The highest BCUT2D eigenvalue weighted by Crippen LogP contribution is 2.36. The molecule has 0 aliphatic heterocycles. The Morgan fingerprint density at radius 3 is 2.22 bits per heavy atom. The van der Waals surface area contributed by atoms with E-state index in [0.29, 0.717) is 22.6 Å². The number of fused-ring (bicyclic) bond motifs is 1. The number of hydrogen-bond acceptors (Lipinski definition) is 3. The van der Waals surface area contributed by atoms with Crippen molar-refractivity contribution in [1.82, 2.24) is 0 Å². The molecular formula is C19H15BrO3. The number of ether oxygens (including phenoxy) is 2. The monoisotopic (exact) mass is 370 g/mol. The van der Waals surface area contributed by atoms with Crippen LogP contribution in [0.1, 0.15) is 15.9 Å². The average molecular weight is 371 g/mol. The summed E-state index contributed by atoms with van der Waals surface area (Å²) in [6.45, 7) is 0. The first kappa shape index (κ1) is 15.6. The molecule has 0 bridgehead atoms. The van der Waals surface area contributed by atoms with Crippen molar-refractivity contribution < 1.29 is 14.3 Å². The van der Waals surface area contributed by atoms with Gasteiger partial charge >= 0.3 is 0 Å². The van der Waals surface area contributed by atoms with E-state index in [2.05, 4.69) is 15.9 Å². The summed E-state index contributed by atoms with van der Waals surface area (Å²) in [4.78, 5) is 12.9. The molecule has 0 radical (unpaired) electrons. The van der Waals surface area contributed by atoms with E-state index in [-0.39, 0.29) is 5.78 Å². The lowest BCUT2D eigenvalue weighted by Crippen LogP contribution is -2.03. The summed E-state index contributed by atoms with van der Waals surface area (Å²) >= 11 is 3.38. The summed E-state index contributed by atoms with van der Waals surface area (Å²) in [6.07, 6.45) is 0. The third kappa shape index (κ3) is 2.82. The van der Waals surface area contributed by atoms with E-state index < -0.39 is 0 Å². The van der Waals surface area contributed by atoms with Gasteiger partial charge in [0.25, 0.3) is 0 Å². The first-order chi connectivity index (χ1) is 11.2. The van der Waals surface area contributed by atoms with Crippen molar-refractivity contribution in [3.8, 4) is 11.5 Å². The number of halogens is 1. The molecule has 3 aromatic rings. The zero-order valence-corrected chi connectivity index (χ0v) is 14.4. The van der Waals surface area contributed by atoms with Gasteiger partial charge in [-0.05, 0) is 42.5 Å². The lowest BCUT2D eigenvalue weighted by molar-refractivity contribution is 0.104. The van der Waals surface area contributed by atoms with Gasteiger partial charge in [0, 0.05) is 26.4 Å². The molecule has 3 nitrogen and oxygen atoms in total. The van der Waals surface area contributed by atoms with E-state index in [4.69, 9.17) is 9.47 Å². The van der Waals surface area contributed by atoms with E-state index in [9.17, 15) is 4.79 Å². The fourth-order valence-electron chi connectivity index (χ4n) is 2.64. The predicted octanol–water partition coefficient (Wildman–Crippen LogP) is 4.85. The molecule has 0 fully saturated rings. The van der Waals surface area contributed by atoms with Crippen LogP contribution in [0.25, 0.3) is 10.8 Å². The van der Waals surface area contributed by atoms with Gasteiger partial charge < -0.3 is 9.47 Å². The Bertz CT molecular complexity index is 870. The normalized spacial score (nSPS) is 10.6. The maximum atomic E-state index is 12.9. The second kappa shape index (κ2) is 6.42. The maximum Gasteiger partial charge on any atom is 0.193 e. The molecular weight excluding hydrogens is 356 g/mol. The molecule has 0 aliphatic rings. The molecule has 0 heterocycles. The molecule has 0 amide bonds. The van der Waals surface area contributed by atoms with Gasteiger partial charge in [-0.25, -0.2) is 0 Å². The van der Waals surface area contributed by atoms with Crippen molar-refractivity contribution in [1.29, 1.82) is 0 Å². The molecule has 0 saturated heterocycles. The van der Waals surface area contributed by atoms with E-state index in [0.717, 1.165) is 15.2 Å². The number of rotatable bonds is 4. The fourth-order valence-corrected chi connectivity index (χ4v) is 2.90. The summed E-state index contributed by atoms with van der Waals surface area (Å²) in [5.74, 6) is 1.32. The Balaban J connectivity index is 2.25. The zero-order chi connectivity index (χ0) is 16.4. The number of ketones is 1. The Morgan fingerprint density at radius 1 is 0.870 bits per heavy atom. The van der Waals surface area contributed by atoms with E-state index in [1.54, 1.807) is 32.4 Å². The molecule has 4 heteroatoms. The van der Waals surface area contributed by atoms with Gasteiger partial charge in [-0.1, -0.05) is 28.1 Å². The van der Waals surface area contributed by atoms with Crippen LogP contribution in [-0.4, -0.2) is 20.0 Å². The van der Waals surface area contributed by atoms with Gasteiger partial charge in [-0.2, -0.15) is 0 Å². The van der Waals surface area contributed by atoms with Gasteiger partial charge in [-0.15, -0.1) is 0 Å². The van der Waals surface area contributed by atoms with Gasteiger partial charge in [0.2, 0.25) is 0 Å². The number of hydrogen-bond donors (Lipinski definition) is 0. The standard InChI is InChI=1S/C19H15BrO3/c1-22-16-11-10-15(18-14(16)4-3-5-17(18)23-2)19(21)12-6-8-13(20)9-7-12/h3-11H,1-2H3.